The van der Waals surface area contributed by atoms with Gasteiger partial charge in [0.05, 0.1) is 5.69 Å². The van der Waals surface area contributed by atoms with Gasteiger partial charge in [-0.2, -0.15) is 4.39 Å². The van der Waals surface area contributed by atoms with Crippen LogP contribution in [0, 0.1) is 22.9 Å². The first-order valence-electron chi connectivity index (χ1n) is 10.00. The molecule has 0 radical (unpaired) electrons. The van der Waals surface area contributed by atoms with Crippen LogP contribution in [0.15, 0.2) is 54.7 Å². The molecular formula is C23H17F3N4O4. The van der Waals surface area contributed by atoms with E-state index in [1.54, 1.807) is 0 Å². The van der Waals surface area contributed by atoms with E-state index >= 15 is 0 Å². The van der Waals surface area contributed by atoms with Gasteiger partial charge in [-0.15, -0.1) is 0 Å². The molecule has 8 nitrogen and oxygen atoms in total. The van der Waals surface area contributed by atoms with Crippen molar-refractivity contribution in [2.75, 3.05) is 10.6 Å². The van der Waals surface area contributed by atoms with Crippen LogP contribution in [0.3, 0.4) is 0 Å². The molecule has 0 bridgehead atoms. The minimum Gasteiger partial charge on any atom is -0.454 e. The van der Waals surface area contributed by atoms with Gasteiger partial charge in [0.2, 0.25) is 17.6 Å². The summed E-state index contributed by atoms with van der Waals surface area (Å²) in [6.07, 6.45) is 1.63. The van der Waals surface area contributed by atoms with Crippen molar-refractivity contribution in [3.8, 4) is 11.5 Å². The number of pyridine rings is 1. The van der Waals surface area contributed by atoms with Crippen molar-refractivity contribution in [3.05, 3.63) is 77.9 Å². The molecule has 1 saturated carbocycles. The lowest BCUT2D eigenvalue weighted by Crippen LogP contribution is -2.35. The van der Waals surface area contributed by atoms with Gasteiger partial charge in [-0.05, 0) is 55.3 Å². The number of primary amides is 1. The van der Waals surface area contributed by atoms with E-state index in [4.69, 9.17) is 10.5 Å². The van der Waals surface area contributed by atoms with Gasteiger partial charge in [0.25, 0.3) is 5.91 Å². The van der Waals surface area contributed by atoms with E-state index in [0.29, 0.717) is 5.69 Å². The van der Waals surface area contributed by atoms with Crippen LogP contribution < -0.4 is 21.1 Å². The van der Waals surface area contributed by atoms with E-state index in [-0.39, 0.29) is 24.3 Å². The van der Waals surface area contributed by atoms with Gasteiger partial charge in [-0.25, -0.2) is 8.78 Å². The van der Waals surface area contributed by atoms with Crippen LogP contribution in [0.1, 0.15) is 23.3 Å². The molecule has 4 rings (SSSR count). The van der Waals surface area contributed by atoms with Gasteiger partial charge in [0.15, 0.2) is 11.6 Å². The van der Waals surface area contributed by atoms with Crippen LogP contribution in [-0.2, 0) is 9.59 Å². The van der Waals surface area contributed by atoms with Crippen molar-refractivity contribution in [3.63, 3.8) is 0 Å². The Hall–Kier alpha value is -4.41. The van der Waals surface area contributed by atoms with E-state index in [1.165, 1.54) is 24.4 Å². The number of nitrogens with zero attached hydrogens (tertiary/aromatic N) is 1. The number of carbonyl (C=O) groups is 3. The zero-order valence-corrected chi connectivity index (χ0v) is 17.4. The van der Waals surface area contributed by atoms with Gasteiger partial charge in [0.1, 0.15) is 22.7 Å². The maximum Gasteiger partial charge on any atom is 0.267 e. The molecule has 11 heteroatoms. The number of anilines is 2. The third kappa shape index (κ3) is 4.53. The molecule has 2 aromatic carbocycles. The summed E-state index contributed by atoms with van der Waals surface area (Å²) in [5, 5.41) is 4.76. The molecule has 0 spiro atoms. The molecule has 0 aliphatic heterocycles. The number of amides is 3. The molecule has 34 heavy (non-hydrogen) atoms. The van der Waals surface area contributed by atoms with Crippen LogP contribution in [0.2, 0.25) is 0 Å². The Morgan fingerprint density at radius 2 is 1.59 bits per heavy atom. The molecule has 174 valence electrons. The van der Waals surface area contributed by atoms with Crippen LogP contribution in [-0.4, -0.2) is 22.7 Å². The Morgan fingerprint density at radius 1 is 0.912 bits per heavy atom. The first-order chi connectivity index (χ1) is 16.2. The lowest BCUT2D eigenvalue weighted by molar-refractivity contribution is -0.131. The highest BCUT2D eigenvalue weighted by molar-refractivity contribution is 6.16. The molecule has 3 amide bonds. The summed E-state index contributed by atoms with van der Waals surface area (Å²) in [5.74, 6) is -6.06. The molecule has 3 aromatic rings. The largest absolute Gasteiger partial charge is 0.454 e. The number of hydrogen-bond donors (Lipinski definition) is 3. The predicted molar refractivity (Wildman–Crippen MR) is 115 cm³/mol. The number of nitrogens with two attached hydrogens (primary N) is 1. The number of hydrogen-bond acceptors (Lipinski definition) is 5. The summed E-state index contributed by atoms with van der Waals surface area (Å²) in [6.45, 7) is 0. The molecule has 0 unspecified atom stereocenters. The summed E-state index contributed by atoms with van der Waals surface area (Å²) in [5.41, 5.74) is 3.36. The third-order valence-corrected chi connectivity index (χ3v) is 5.23. The molecule has 1 fully saturated rings. The fourth-order valence-corrected chi connectivity index (χ4v) is 3.15. The van der Waals surface area contributed by atoms with E-state index in [9.17, 15) is 27.6 Å². The monoisotopic (exact) mass is 470 g/mol. The van der Waals surface area contributed by atoms with Gasteiger partial charge >= 0.3 is 0 Å². The molecular weight excluding hydrogens is 453 g/mol. The molecule has 0 saturated heterocycles. The van der Waals surface area contributed by atoms with Gasteiger partial charge in [0, 0.05) is 18.0 Å². The number of nitrogens with one attached hydrogen (secondary N) is 2. The predicted octanol–water partition coefficient (Wildman–Crippen LogP) is 3.75. The van der Waals surface area contributed by atoms with Crippen molar-refractivity contribution >= 4 is 29.1 Å². The minimum atomic E-state index is -1.45. The maximum atomic E-state index is 14.6. The first kappa shape index (κ1) is 22.8. The molecule has 1 aliphatic rings. The van der Waals surface area contributed by atoms with E-state index in [0.717, 1.165) is 30.3 Å². The van der Waals surface area contributed by atoms with Crippen LogP contribution in [0.4, 0.5) is 24.5 Å². The first-order valence-corrected chi connectivity index (χ1v) is 10.00. The van der Waals surface area contributed by atoms with Gasteiger partial charge < -0.3 is 21.1 Å². The Bertz CT molecular complexity index is 1290. The molecule has 1 aromatic heterocycles. The zero-order valence-electron chi connectivity index (χ0n) is 17.4. The Kier molecular flexibility index (Phi) is 5.93. The Morgan fingerprint density at radius 3 is 2.24 bits per heavy atom. The normalized spacial score (nSPS) is 13.6. The van der Waals surface area contributed by atoms with Crippen LogP contribution in [0.5, 0.6) is 11.5 Å². The zero-order chi connectivity index (χ0) is 24.5. The summed E-state index contributed by atoms with van der Waals surface area (Å²) in [4.78, 5) is 40.3. The fourth-order valence-electron chi connectivity index (χ4n) is 3.15. The van der Waals surface area contributed by atoms with Gasteiger partial charge in [-0.3, -0.25) is 19.4 Å². The highest BCUT2D eigenvalue weighted by Crippen LogP contribution is 2.47. The topological polar surface area (TPSA) is 123 Å². The summed E-state index contributed by atoms with van der Waals surface area (Å²) >= 11 is 0. The SMILES string of the molecule is NC(=O)c1cc(Oc2ccc(NC(=O)C3(C(=O)Nc4ccc(F)cc4)CC3)c(F)c2F)ccn1. The van der Waals surface area contributed by atoms with E-state index in [1.807, 2.05) is 0 Å². The van der Waals surface area contributed by atoms with Crippen LogP contribution >= 0.6 is 0 Å². The second-order valence-corrected chi connectivity index (χ2v) is 7.58. The minimum absolute atomic E-state index is 0.00622. The standard InChI is InChI=1S/C23H17F3N4O4/c24-12-1-3-13(4-2-12)29-21(32)23(8-9-23)22(33)30-15-5-6-17(19(26)18(15)25)34-14-7-10-28-16(11-14)20(27)31/h1-7,10-11H,8-9H2,(H2,27,31)(H,29,32)(H,30,33). The maximum absolute atomic E-state index is 14.6. The number of halogens is 3. The lowest BCUT2D eigenvalue weighted by Gasteiger charge is -2.16. The van der Waals surface area contributed by atoms with E-state index in [2.05, 4.69) is 15.6 Å². The number of benzene rings is 2. The lowest BCUT2D eigenvalue weighted by atomic mass is 10.0. The van der Waals surface area contributed by atoms with Crippen molar-refractivity contribution in [2.45, 2.75) is 12.8 Å². The number of rotatable bonds is 7. The highest BCUT2D eigenvalue weighted by atomic mass is 19.2. The average molecular weight is 470 g/mol. The van der Waals surface area contributed by atoms with Crippen molar-refractivity contribution in [2.24, 2.45) is 11.1 Å². The molecule has 0 atom stereocenters. The van der Waals surface area contributed by atoms with Crippen molar-refractivity contribution in [1.29, 1.82) is 0 Å². The van der Waals surface area contributed by atoms with Crippen LogP contribution in [0.25, 0.3) is 0 Å². The molecule has 1 heterocycles. The third-order valence-electron chi connectivity index (χ3n) is 5.23. The average Bonchev–Trinajstić information content (AvgIpc) is 3.63. The van der Waals surface area contributed by atoms with E-state index < -0.39 is 52.0 Å². The highest BCUT2D eigenvalue weighted by Gasteiger charge is 2.56. The quantitative estimate of drug-likeness (QED) is 0.454. The second kappa shape index (κ2) is 8.85. The number of aromatic nitrogens is 1. The van der Waals surface area contributed by atoms with Crippen molar-refractivity contribution < 1.29 is 32.3 Å². The second-order valence-electron chi connectivity index (χ2n) is 7.58. The van der Waals surface area contributed by atoms with Gasteiger partial charge in [-0.1, -0.05) is 0 Å². The molecule has 4 N–H and O–H groups in total. The molecule has 1 aliphatic carbocycles. The number of ether oxygens (including phenoxy) is 1. The Balaban J connectivity index is 1.47. The summed E-state index contributed by atoms with van der Waals surface area (Å²) in [6, 6.07) is 9.61. The Labute approximate surface area is 190 Å². The summed E-state index contributed by atoms with van der Waals surface area (Å²) < 4.78 is 47.5. The summed E-state index contributed by atoms with van der Waals surface area (Å²) in [7, 11) is 0. The number of carbonyl (C=O) groups excluding carboxylic acids is 3. The smallest absolute Gasteiger partial charge is 0.267 e. The fraction of sp³-hybridized carbons (Fsp3) is 0.130. The van der Waals surface area contributed by atoms with Crippen molar-refractivity contribution in [1.82, 2.24) is 4.98 Å².